The van der Waals surface area contributed by atoms with E-state index in [0.29, 0.717) is 78.8 Å². The number of nitrogens with zero attached hydrogens (tertiary/aromatic N) is 9. The summed E-state index contributed by atoms with van der Waals surface area (Å²) in [5, 5.41) is 54.1. The molecule has 1 aliphatic heterocycles. The number of rotatable bonds is 15. The van der Waals surface area contributed by atoms with Gasteiger partial charge >= 0.3 is 0 Å². The van der Waals surface area contributed by atoms with Gasteiger partial charge in [-0.25, -0.2) is 9.97 Å². The van der Waals surface area contributed by atoms with Crippen LogP contribution in [0, 0.1) is 5.92 Å². The fourth-order valence-electron chi connectivity index (χ4n) is 9.62. The Hall–Kier alpha value is -5.99. The molecule has 2 saturated carbocycles. The second-order valence-electron chi connectivity index (χ2n) is 17.1. The van der Waals surface area contributed by atoms with Crippen LogP contribution in [0.3, 0.4) is 0 Å². The molecule has 336 valence electrons. The van der Waals surface area contributed by atoms with Crippen LogP contribution in [0.2, 0.25) is 5.28 Å². The second-order valence-corrected chi connectivity index (χ2v) is 17.4. The summed E-state index contributed by atoms with van der Waals surface area (Å²) >= 11 is 6.50. The maximum atomic E-state index is 12.1. The molecule has 4 aromatic heterocycles. The highest BCUT2D eigenvalue weighted by atomic mass is 35.5. The maximum absolute atomic E-state index is 12.1. The standard InChI is InChI=1S/C44H52ClN13O6/c1-2-32(60)51-28-18-30(38(64)36(28)62)58-22-49-34-40(52-43(45)54-41(34)58)50-26-15-16-56(20-26)44-53-39(47-19-27(23-9-5-3-6-10-23)24-11-7-4-8-12-24)33-42(55-44)57(21-48-33)29-17-25(13-14-31(46)59)35(61)37(29)63/h3-12,21-22,25-30,35-38,61-64H,2,13-20H2,1H3,(H2,46,59)(H,51,60)(H,47,53,55)(H,50,52,54)/t25-,26+,28-,29+,30+,35+,36+,37-,38-/m0/s1. The van der Waals surface area contributed by atoms with Crippen LogP contribution in [-0.4, -0.2) is 127 Å². The van der Waals surface area contributed by atoms with Crippen LogP contribution in [0.1, 0.15) is 74.6 Å². The third-order valence-corrected chi connectivity index (χ3v) is 13.2. The lowest BCUT2D eigenvalue weighted by atomic mass is 9.91. The number of aromatic nitrogens is 8. The first-order chi connectivity index (χ1) is 31.0. The van der Waals surface area contributed by atoms with Gasteiger partial charge in [0.2, 0.25) is 23.0 Å². The van der Waals surface area contributed by atoms with E-state index in [2.05, 4.69) is 60.1 Å². The van der Waals surface area contributed by atoms with Crippen LogP contribution >= 0.6 is 11.6 Å². The van der Waals surface area contributed by atoms with Crippen molar-refractivity contribution in [3.05, 3.63) is 89.7 Å². The summed E-state index contributed by atoms with van der Waals surface area (Å²) < 4.78 is 3.47. The number of imidazole rings is 2. The van der Waals surface area contributed by atoms with Gasteiger partial charge in [0, 0.05) is 44.4 Å². The Morgan fingerprint density at radius 1 is 0.812 bits per heavy atom. The van der Waals surface area contributed by atoms with Crippen molar-refractivity contribution in [2.24, 2.45) is 11.7 Å². The monoisotopic (exact) mass is 893 g/mol. The molecule has 2 aromatic carbocycles. The summed E-state index contributed by atoms with van der Waals surface area (Å²) in [6.07, 6.45) is 0.628. The van der Waals surface area contributed by atoms with Gasteiger partial charge in [0.1, 0.15) is 18.3 Å². The first-order valence-corrected chi connectivity index (χ1v) is 22.1. The number of anilines is 3. The SMILES string of the molecule is CCC(=O)N[C@H]1C[C@@H](n2cnc3c(N[C@@H]4CCN(c5nc(NCC(c6ccccc6)c6ccccc6)c6ncn([C@@H]7C[C@H](CCC(N)=O)[C@@H](O)[C@H]7O)c6n5)C4)nc(Cl)nc32)[C@H](O)[C@@H]1O. The summed E-state index contributed by atoms with van der Waals surface area (Å²) in [5.41, 5.74) is 9.47. The third kappa shape index (κ3) is 8.52. The fraction of sp³-hybridized carbons (Fsp3) is 0.455. The predicted molar refractivity (Wildman–Crippen MR) is 239 cm³/mol. The molecule has 2 aliphatic carbocycles. The van der Waals surface area contributed by atoms with E-state index in [0.717, 1.165) is 11.1 Å². The maximum Gasteiger partial charge on any atom is 0.229 e. The van der Waals surface area contributed by atoms with Gasteiger partial charge < -0.3 is 56.1 Å². The van der Waals surface area contributed by atoms with Crippen LogP contribution in [0.15, 0.2) is 73.3 Å². The van der Waals surface area contributed by atoms with Crippen molar-refractivity contribution in [2.45, 2.75) is 99.9 Å². The van der Waals surface area contributed by atoms with E-state index in [1.165, 1.54) is 6.33 Å². The molecule has 1 saturated heterocycles. The largest absolute Gasteiger partial charge is 0.390 e. The highest BCUT2D eigenvalue weighted by Crippen LogP contribution is 2.40. The summed E-state index contributed by atoms with van der Waals surface area (Å²) in [6, 6.07) is 18.5. The van der Waals surface area contributed by atoms with E-state index < -0.39 is 48.4 Å². The number of nitrogens with two attached hydrogens (primary N) is 1. The van der Waals surface area contributed by atoms with Gasteiger partial charge in [-0.2, -0.15) is 19.9 Å². The van der Waals surface area contributed by atoms with Crippen molar-refractivity contribution in [1.29, 1.82) is 0 Å². The number of hydrogen-bond donors (Lipinski definition) is 8. The Bertz CT molecular complexity index is 2580. The van der Waals surface area contributed by atoms with E-state index in [9.17, 15) is 30.0 Å². The van der Waals surface area contributed by atoms with Crippen LogP contribution < -0.4 is 26.6 Å². The molecule has 3 fully saturated rings. The molecule has 9 N–H and O–H groups in total. The van der Waals surface area contributed by atoms with Gasteiger partial charge in [0.05, 0.1) is 36.9 Å². The Labute approximate surface area is 373 Å². The molecule has 9 atom stereocenters. The third-order valence-electron chi connectivity index (χ3n) is 13.1. The van der Waals surface area contributed by atoms with Gasteiger partial charge in [-0.1, -0.05) is 67.6 Å². The number of halogens is 1. The molecule has 0 radical (unpaired) electrons. The summed E-state index contributed by atoms with van der Waals surface area (Å²) in [7, 11) is 0. The van der Waals surface area contributed by atoms with E-state index in [1.54, 1.807) is 22.4 Å². The molecule has 9 rings (SSSR count). The molecule has 0 bridgehead atoms. The zero-order valence-corrected chi connectivity index (χ0v) is 35.9. The average Bonchev–Trinajstić information content (AvgIpc) is 4.14. The zero-order chi connectivity index (χ0) is 44.6. The lowest BCUT2D eigenvalue weighted by molar-refractivity contribution is -0.122. The summed E-state index contributed by atoms with van der Waals surface area (Å²) in [6.45, 7) is 3.24. The number of fused-ring (bicyclic) bond motifs is 2. The molecule has 20 heteroatoms. The Morgan fingerprint density at radius 2 is 1.44 bits per heavy atom. The molecular formula is C44H52ClN13O6. The number of primary amides is 1. The minimum absolute atomic E-state index is 0.0264. The quantitative estimate of drug-likeness (QED) is 0.0689. The number of benzene rings is 2. The van der Waals surface area contributed by atoms with Gasteiger partial charge in [0.15, 0.2) is 34.0 Å². The summed E-state index contributed by atoms with van der Waals surface area (Å²) in [4.78, 5) is 54.3. The molecule has 19 nitrogen and oxygen atoms in total. The lowest BCUT2D eigenvalue weighted by Crippen LogP contribution is -2.42. The summed E-state index contributed by atoms with van der Waals surface area (Å²) in [5.74, 6) is 0.279. The molecule has 0 spiro atoms. The number of hydrogen-bond acceptors (Lipinski definition) is 15. The van der Waals surface area contributed by atoms with E-state index >= 15 is 0 Å². The van der Waals surface area contributed by atoms with Crippen molar-refractivity contribution < 1.29 is 30.0 Å². The number of carbonyl (C=O) groups excluding carboxylic acids is 2. The van der Waals surface area contributed by atoms with Crippen molar-refractivity contribution in [2.75, 3.05) is 35.2 Å². The normalized spacial score (nSPS) is 25.7. The number of amides is 2. The fourth-order valence-corrected chi connectivity index (χ4v) is 9.79. The van der Waals surface area contributed by atoms with Crippen molar-refractivity contribution in [3.8, 4) is 0 Å². The molecular weight excluding hydrogens is 842 g/mol. The lowest BCUT2D eigenvalue weighted by Gasteiger charge is -2.22. The molecule has 6 aromatic rings. The Morgan fingerprint density at radius 3 is 2.09 bits per heavy atom. The number of aliphatic hydroxyl groups excluding tert-OH is 4. The van der Waals surface area contributed by atoms with Gasteiger partial charge in [-0.3, -0.25) is 9.59 Å². The van der Waals surface area contributed by atoms with E-state index in [4.69, 9.17) is 32.3 Å². The average molecular weight is 894 g/mol. The van der Waals surface area contributed by atoms with Crippen molar-refractivity contribution >= 4 is 63.3 Å². The first-order valence-electron chi connectivity index (χ1n) is 21.8. The number of nitrogens with one attached hydrogen (secondary N) is 3. The van der Waals surface area contributed by atoms with Gasteiger partial charge in [-0.05, 0) is 54.3 Å². The van der Waals surface area contributed by atoms with Gasteiger partial charge in [0.25, 0.3) is 0 Å². The molecule has 0 unspecified atom stereocenters. The molecule has 2 amide bonds. The van der Waals surface area contributed by atoms with Gasteiger partial charge in [-0.15, -0.1) is 0 Å². The van der Waals surface area contributed by atoms with E-state index in [1.807, 2.05) is 36.4 Å². The highest BCUT2D eigenvalue weighted by molar-refractivity contribution is 6.28. The minimum atomic E-state index is -1.19. The molecule has 5 heterocycles. The zero-order valence-electron chi connectivity index (χ0n) is 35.2. The Kier molecular flexibility index (Phi) is 12.3. The minimum Gasteiger partial charge on any atom is -0.390 e. The number of carbonyl (C=O) groups is 2. The predicted octanol–water partition coefficient (Wildman–Crippen LogP) is 2.66. The highest BCUT2D eigenvalue weighted by Gasteiger charge is 2.45. The Balaban J connectivity index is 1.00. The second kappa shape index (κ2) is 18.2. The topological polar surface area (TPSA) is 268 Å². The van der Waals surface area contributed by atoms with Crippen molar-refractivity contribution in [3.63, 3.8) is 0 Å². The molecule has 3 aliphatic rings. The van der Waals surface area contributed by atoms with Crippen LogP contribution in [0.4, 0.5) is 17.6 Å². The first kappa shape index (κ1) is 43.3. The number of aliphatic hydroxyl groups is 4. The van der Waals surface area contributed by atoms with Crippen LogP contribution in [0.5, 0.6) is 0 Å². The smallest absolute Gasteiger partial charge is 0.229 e. The molecule has 64 heavy (non-hydrogen) atoms. The van der Waals surface area contributed by atoms with Crippen LogP contribution in [-0.2, 0) is 9.59 Å². The van der Waals surface area contributed by atoms with E-state index in [-0.39, 0.29) is 48.3 Å². The van der Waals surface area contributed by atoms with Crippen molar-refractivity contribution in [1.82, 2.24) is 44.4 Å². The van der Waals surface area contributed by atoms with Crippen LogP contribution in [0.25, 0.3) is 22.3 Å².